The second-order valence-electron chi connectivity index (χ2n) is 19.2. The summed E-state index contributed by atoms with van der Waals surface area (Å²) in [7, 11) is 14.6. The molecule has 40 nitrogen and oxygen atoms in total. The highest BCUT2D eigenvalue weighted by atomic mass is 16.6. The maximum atomic E-state index is 11.5. The Morgan fingerprint density at radius 1 is 0.345 bits per heavy atom. The second-order valence-corrected chi connectivity index (χ2v) is 19.2. The van der Waals surface area contributed by atoms with Crippen molar-refractivity contribution in [3.05, 3.63) is 85.2 Å². The summed E-state index contributed by atoms with van der Waals surface area (Å²) in [5, 5.41) is 44.0. The Hall–Kier alpha value is -7.02. The van der Waals surface area contributed by atoms with E-state index in [0.29, 0.717) is 215 Å². The van der Waals surface area contributed by atoms with E-state index >= 15 is 0 Å². The summed E-state index contributed by atoms with van der Waals surface area (Å²) in [5.74, 6) is -5.90. The Morgan fingerprint density at radius 3 is 0.945 bits per heavy atom. The zero-order chi connectivity index (χ0) is 84.4. The molecule has 0 atom stereocenters. The van der Waals surface area contributed by atoms with Crippen LogP contribution < -0.4 is 44.2 Å². The van der Waals surface area contributed by atoms with Crippen molar-refractivity contribution in [2.45, 2.75) is 0 Å². The van der Waals surface area contributed by atoms with Gasteiger partial charge >= 0.3 is 29.8 Å². The van der Waals surface area contributed by atoms with E-state index in [0.717, 1.165) is 50.7 Å². The van der Waals surface area contributed by atoms with Crippen LogP contribution in [-0.2, 0) is 133 Å². The van der Waals surface area contributed by atoms with Gasteiger partial charge < -0.3 is 164 Å². The quantitative estimate of drug-likeness (QED) is 0.00746. The van der Waals surface area contributed by atoms with Crippen LogP contribution in [0.1, 0.15) is 0 Å². The number of nitrogens with one attached hydrogen (secondary N) is 4. The number of primary amides is 1. The highest BCUT2D eigenvalue weighted by molar-refractivity contribution is 5.93. The van der Waals surface area contributed by atoms with Crippen LogP contribution in [0.5, 0.6) is 0 Å². The van der Waals surface area contributed by atoms with Crippen molar-refractivity contribution < 1.29 is 154 Å². The number of methoxy groups -OCH3 is 9. The minimum absolute atomic E-state index is 0.0870. The van der Waals surface area contributed by atoms with Gasteiger partial charge in [0.05, 0.1) is 178 Å². The standard InChI is InChI=1S/C15H28N2O5.C14H30N2O4.C14H24O8.C5H13NO2.C5H12O3.C5H10O3.C4H10N2.C4H5NO3.C4H4O4/c1-14(16-6-8-21-12-10-19-2)4-5-15(18)17-7-9-22-13-11-20-3;1-17-11-13-19-9-7-15-5-3-4-6-16-8-10-20-14-12-18-2;1-17-5-7-19-9-11-21-13(15)3-4-14(16)22-12-10-20-8-6-18-2;3*1-7-4-5-8-3-2-6;5-3-1-2-4-6;2*5-3(6)1-2-4(7)8/h4-5,16H,1,6-13H2,2-3H3,(H,17,18);3-4,15-16H,5-14H2,1-2H3;3-4H,5-12H2,1-2H3;2-6H2,1H3;6H,2-5H2,1H3;2H,3-5H2,1H3;1-2H,3-6H2;1-2H,(H2,5,6)(H,7,8);1-2H,(H,5,6)(H,7,8)/b5-4+;2*4-3+;;;;3*2-1+. The Morgan fingerprint density at radius 2 is 0.645 bits per heavy atom. The molecule has 0 heterocycles. The molecular formula is C70H136N8O32. The van der Waals surface area contributed by atoms with Crippen LogP contribution >= 0.6 is 0 Å². The predicted molar refractivity (Wildman–Crippen MR) is 409 cm³/mol. The van der Waals surface area contributed by atoms with Crippen molar-refractivity contribution in [3.63, 3.8) is 0 Å². The minimum atomic E-state index is -1.26. The number of ether oxygens (including phenoxy) is 20. The van der Waals surface area contributed by atoms with Gasteiger partial charge in [0.2, 0.25) is 11.8 Å². The van der Waals surface area contributed by atoms with Gasteiger partial charge in [0.15, 0.2) is 0 Å². The molecule has 0 aliphatic heterocycles. The summed E-state index contributed by atoms with van der Waals surface area (Å²) in [6, 6.07) is 0. The summed E-state index contributed by atoms with van der Waals surface area (Å²) in [4.78, 5) is 82.1. The fraction of sp³-hybridized carbons (Fsp3) is 0.686. The van der Waals surface area contributed by atoms with E-state index in [4.69, 9.17) is 123 Å². The van der Waals surface area contributed by atoms with Crippen molar-refractivity contribution in [3.8, 4) is 0 Å². The number of carbonyl (C=O) groups is 8. The summed E-state index contributed by atoms with van der Waals surface area (Å²) in [5.41, 5.74) is 20.5. The fourth-order valence-electron chi connectivity index (χ4n) is 5.15. The molecule has 648 valence electrons. The summed E-state index contributed by atoms with van der Waals surface area (Å²) in [6.45, 7) is 24.8. The van der Waals surface area contributed by atoms with Gasteiger partial charge in [-0.1, -0.05) is 30.9 Å². The van der Waals surface area contributed by atoms with Crippen molar-refractivity contribution in [1.29, 1.82) is 0 Å². The van der Waals surface area contributed by atoms with Crippen LogP contribution in [0, 0.1) is 0 Å². The molecule has 0 rings (SSSR count). The highest BCUT2D eigenvalue weighted by Crippen LogP contribution is 1.90. The lowest BCUT2D eigenvalue weighted by molar-refractivity contribution is -0.142. The van der Waals surface area contributed by atoms with Crippen LogP contribution in [0.15, 0.2) is 85.2 Å². The smallest absolute Gasteiger partial charge is 0.331 e. The number of hydrogen-bond acceptors (Lipinski definition) is 35. The average molecular weight is 1600 g/mol. The first-order valence-electron chi connectivity index (χ1n) is 34.4. The molecular weight excluding hydrogens is 1460 g/mol. The molecule has 0 saturated carbocycles. The second kappa shape index (κ2) is 120. The van der Waals surface area contributed by atoms with Crippen LogP contribution in [0.3, 0.4) is 0 Å². The number of aldehydes is 1. The normalized spacial score (nSPS) is 10.4. The summed E-state index contributed by atoms with van der Waals surface area (Å²) < 4.78 is 98.6. The van der Waals surface area contributed by atoms with Gasteiger partial charge in [0.25, 0.3) is 0 Å². The van der Waals surface area contributed by atoms with Crippen LogP contribution in [-0.4, -0.2) is 389 Å². The molecule has 40 heteroatoms. The number of nitrogens with two attached hydrogens (primary N) is 4. The predicted octanol–water partition coefficient (Wildman–Crippen LogP) is -2.53. The first kappa shape index (κ1) is 121. The number of aliphatic hydroxyl groups is 1. The number of rotatable bonds is 66. The zero-order valence-corrected chi connectivity index (χ0v) is 66.3. The van der Waals surface area contributed by atoms with Gasteiger partial charge in [0.1, 0.15) is 26.1 Å². The van der Waals surface area contributed by atoms with Crippen LogP contribution in [0.4, 0.5) is 0 Å². The Kier molecular flexibility index (Phi) is 133. The van der Waals surface area contributed by atoms with E-state index in [1.165, 1.54) is 6.08 Å². The highest BCUT2D eigenvalue weighted by Gasteiger charge is 2.03. The molecule has 0 aromatic rings. The molecule has 0 bridgehead atoms. The van der Waals surface area contributed by atoms with E-state index < -0.39 is 35.8 Å². The van der Waals surface area contributed by atoms with Gasteiger partial charge in [-0.25, -0.2) is 24.0 Å². The molecule has 0 spiro atoms. The number of carboxylic acids is 3. The van der Waals surface area contributed by atoms with Crippen molar-refractivity contribution in [2.75, 3.05) is 321 Å². The number of esters is 2. The summed E-state index contributed by atoms with van der Waals surface area (Å²) >= 11 is 0. The van der Waals surface area contributed by atoms with E-state index in [9.17, 15) is 38.4 Å². The van der Waals surface area contributed by atoms with Gasteiger partial charge in [-0.2, -0.15) is 0 Å². The third kappa shape index (κ3) is 158. The molecule has 0 aromatic heterocycles. The van der Waals surface area contributed by atoms with Gasteiger partial charge in [0, 0.05) is 171 Å². The molecule has 0 aliphatic rings. The molecule has 2 amide bonds. The topological polar surface area (TPSA) is 554 Å². The third-order valence-electron chi connectivity index (χ3n) is 10.2. The van der Waals surface area contributed by atoms with E-state index in [1.807, 2.05) is 12.2 Å². The molecule has 0 aromatic carbocycles. The van der Waals surface area contributed by atoms with Gasteiger partial charge in [-0.15, -0.1) is 0 Å². The summed E-state index contributed by atoms with van der Waals surface area (Å²) in [6.07, 6.45) is 16.2. The number of hydrogen-bond donors (Lipinski definition) is 12. The maximum Gasteiger partial charge on any atom is 0.331 e. The first-order chi connectivity index (χ1) is 53.2. The van der Waals surface area contributed by atoms with Crippen LogP contribution in [0.2, 0.25) is 0 Å². The third-order valence-corrected chi connectivity index (χ3v) is 10.2. The largest absolute Gasteiger partial charge is 0.478 e. The Bertz CT molecular complexity index is 1900. The number of amides is 2. The number of aliphatic carboxylic acids is 3. The van der Waals surface area contributed by atoms with Gasteiger partial charge in [-0.05, 0) is 6.08 Å². The number of allylic oxidation sites excluding steroid dienone is 1. The van der Waals surface area contributed by atoms with E-state index in [1.54, 1.807) is 70.1 Å². The SMILES string of the molecule is C=C(/C=C/C(=O)NCCOCCOC)NCCOCCOC.COCCOCC=O.COCCOCCN.COCCOCCNC/C=C/CNCCOCCOC.COCCOCCO.COCCOCCOC(=O)/C=C/C(=O)OCCOCCOC.NC(=O)/C=C/C(=O)O.NC/C=C/CN.O=C(O)/C=C/C(=O)O. The average Bonchev–Trinajstić information content (AvgIpc) is 1.04. The van der Waals surface area contributed by atoms with Crippen molar-refractivity contribution >= 4 is 47.9 Å². The lowest BCUT2D eigenvalue weighted by atomic mass is 10.4. The van der Waals surface area contributed by atoms with Crippen molar-refractivity contribution in [1.82, 2.24) is 21.3 Å². The molecule has 0 aliphatic carbocycles. The molecule has 0 unspecified atom stereocenters. The minimum Gasteiger partial charge on any atom is -0.478 e. The Balaban J connectivity index is -0.000000156. The zero-order valence-electron chi connectivity index (χ0n) is 66.3. The fourth-order valence-corrected chi connectivity index (χ4v) is 5.15. The van der Waals surface area contributed by atoms with Gasteiger partial charge in [-0.3, -0.25) is 9.59 Å². The lowest BCUT2D eigenvalue weighted by Gasteiger charge is -2.07. The molecule has 0 fully saturated rings. The lowest BCUT2D eigenvalue weighted by Crippen LogP contribution is -2.26. The first-order valence-corrected chi connectivity index (χ1v) is 34.4. The number of carbonyl (C=O) groups excluding carboxylic acids is 5. The molecule has 0 saturated heterocycles. The van der Waals surface area contributed by atoms with E-state index in [-0.39, 0.29) is 45.5 Å². The Labute approximate surface area is 649 Å². The molecule has 0 radical (unpaired) electrons. The number of aliphatic hydroxyl groups excluding tert-OH is 1. The number of carboxylic acid groups (broad SMARTS) is 3. The maximum absolute atomic E-state index is 11.5. The monoisotopic (exact) mass is 1600 g/mol. The van der Waals surface area contributed by atoms with Crippen molar-refractivity contribution in [2.24, 2.45) is 22.9 Å². The van der Waals surface area contributed by atoms with E-state index in [2.05, 4.69) is 55.2 Å². The van der Waals surface area contributed by atoms with Crippen LogP contribution in [0.25, 0.3) is 0 Å². The molecule has 110 heavy (non-hydrogen) atoms. The molecule has 16 N–H and O–H groups in total.